The molecule has 1 atom stereocenters. The number of halogens is 1. The first kappa shape index (κ1) is 17.2. The monoisotopic (exact) mass is 325 g/mol. The predicted molar refractivity (Wildman–Crippen MR) is 89.4 cm³/mol. The van der Waals surface area contributed by atoms with Gasteiger partial charge in [-0.25, -0.2) is 0 Å². The van der Waals surface area contributed by atoms with E-state index in [0.29, 0.717) is 10.9 Å². The van der Waals surface area contributed by atoms with Gasteiger partial charge in [-0.05, 0) is 30.4 Å². The van der Waals surface area contributed by atoms with Crippen LogP contribution in [-0.2, 0) is 0 Å². The van der Waals surface area contributed by atoms with Gasteiger partial charge in [0.05, 0.1) is 4.92 Å². The lowest BCUT2D eigenvalue weighted by Crippen LogP contribution is -2.45. The van der Waals surface area contributed by atoms with E-state index in [1.165, 1.54) is 6.07 Å². The zero-order valence-electron chi connectivity index (χ0n) is 13.2. The lowest BCUT2D eigenvalue weighted by Gasteiger charge is -2.36. The van der Waals surface area contributed by atoms with E-state index in [1.807, 2.05) is 0 Å². The molecule has 1 heterocycles. The molecule has 2 rings (SSSR count). The fourth-order valence-corrected chi connectivity index (χ4v) is 3.16. The fraction of sp³-hybridized carbons (Fsp3) is 0.625. The van der Waals surface area contributed by atoms with Gasteiger partial charge < -0.3 is 5.32 Å². The minimum absolute atomic E-state index is 0.115. The SMILES string of the molecule is CC(C)CC[C@H](c1cc([N+](=O)[O-])ccc1Cl)N1CCNCC1. The molecule has 1 aromatic rings. The summed E-state index contributed by atoms with van der Waals surface area (Å²) in [6, 6.07) is 4.93. The van der Waals surface area contributed by atoms with Crippen LogP contribution in [0.4, 0.5) is 5.69 Å². The fourth-order valence-electron chi connectivity index (χ4n) is 2.92. The molecule has 0 radical (unpaired) electrons. The van der Waals surface area contributed by atoms with Crippen molar-refractivity contribution in [3.63, 3.8) is 0 Å². The van der Waals surface area contributed by atoms with Crippen LogP contribution in [0.5, 0.6) is 0 Å². The number of nitro groups is 1. The quantitative estimate of drug-likeness (QED) is 0.641. The van der Waals surface area contributed by atoms with Crippen molar-refractivity contribution in [1.82, 2.24) is 10.2 Å². The summed E-state index contributed by atoms with van der Waals surface area (Å²) in [6.45, 7) is 8.19. The molecule has 5 nitrogen and oxygen atoms in total. The maximum Gasteiger partial charge on any atom is 0.269 e. The van der Waals surface area contributed by atoms with Crippen LogP contribution < -0.4 is 5.32 Å². The van der Waals surface area contributed by atoms with Crippen molar-refractivity contribution in [2.24, 2.45) is 5.92 Å². The van der Waals surface area contributed by atoms with E-state index in [0.717, 1.165) is 44.6 Å². The molecule has 1 aliphatic rings. The molecule has 0 bridgehead atoms. The minimum Gasteiger partial charge on any atom is -0.314 e. The lowest BCUT2D eigenvalue weighted by molar-refractivity contribution is -0.385. The Balaban J connectivity index is 2.29. The average Bonchev–Trinajstić information content (AvgIpc) is 2.49. The number of nitrogens with one attached hydrogen (secondary N) is 1. The molecule has 22 heavy (non-hydrogen) atoms. The van der Waals surface area contributed by atoms with Crippen LogP contribution in [0, 0.1) is 16.0 Å². The van der Waals surface area contributed by atoms with Gasteiger partial charge in [-0.3, -0.25) is 15.0 Å². The summed E-state index contributed by atoms with van der Waals surface area (Å²) in [5.74, 6) is 0.600. The summed E-state index contributed by atoms with van der Waals surface area (Å²) < 4.78 is 0. The minimum atomic E-state index is -0.350. The second kappa shape index (κ2) is 7.90. The van der Waals surface area contributed by atoms with Crippen LogP contribution in [0.15, 0.2) is 18.2 Å². The van der Waals surface area contributed by atoms with Crippen LogP contribution in [0.1, 0.15) is 38.3 Å². The maximum atomic E-state index is 11.1. The summed E-state index contributed by atoms with van der Waals surface area (Å²) in [4.78, 5) is 13.1. The molecule has 0 unspecified atom stereocenters. The molecule has 0 aromatic heterocycles. The van der Waals surface area contributed by atoms with Crippen LogP contribution in [0.2, 0.25) is 5.02 Å². The van der Waals surface area contributed by atoms with Gasteiger partial charge in [0.15, 0.2) is 0 Å². The van der Waals surface area contributed by atoms with Gasteiger partial charge in [-0.1, -0.05) is 25.4 Å². The van der Waals surface area contributed by atoms with E-state index in [9.17, 15) is 10.1 Å². The number of nitro benzene ring substituents is 1. The number of non-ortho nitro benzene ring substituents is 1. The van der Waals surface area contributed by atoms with Gasteiger partial charge in [-0.2, -0.15) is 0 Å². The number of piperazine rings is 1. The number of hydrogen-bond donors (Lipinski definition) is 1. The smallest absolute Gasteiger partial charge is 0.269 e. The molecule has 0 spiro atoms. The molecule has 1 fully saturated rings. The van der Waals surface area contributed by atoms with E-state index in [-0.39, 0.29) is 16.7 Å². The van der Waals surface area contributed by atoms with E-state index < -0.39 is 0 Å². The third-order valence-electron chi connectivity index (χ3n) is 4.16. The van der Waals surface area contributed by atoms with E-state index >= 15 is 0 Å². The molecule has 6 heteroatoms. The molecule has 1 N–H and O–H groups in total. The molecule has 122 valence electrons. The second-order valence-corrected chi connectivity index (χ2v) is 6.64. The Morgan fingerprint density at radius 3 is 2.59 bits per heavy atom. The average molecular weight is 326 g/mol. The van der Waals surface area contributed by atoms with Crippen molar-refractivity contribution in [3.05, 3.63) is 38.9 Å². The predicted octanol–water partition coefficient (Wildman–Crippen LogP) is 3.63. The van der Waals surface area contributed by atoms with Crippen molar-refractivity contribution in [2.45, 2.75) is 32.7 Å². The highest BCUT2D eigenvalue weighted by Gasteiger charge is 2.25. The Bertz CT molecular complexity index is 516. The Labute approximate surface area is 136 Å². The summed E-state index contributed by atoms with van der Waals surface area (Å²) in [5, 5.41) is 15.0. The van der Waals surface area contributed by atoms with Crippen molar-refractivity contribution in [3.8, 4) is 0 Å². The van der Waals surface area contributed by atoms with Gasteiger partial charge in [-0.15, -0.1) is 0 Å². The van der Waals surface area contributed by atoms with Crippen LogP contribution in [0.25, 0.3) is 0 Å². The van der Waals surface area contributed by atoms with Crippen molar-refractivity contribution in [2.75, 3.05) is 26.2 Å². The zero-order valence-corrected chi connectivity index (χ0v) is 14.0. The van der Waals surface area contributed by atoms with Crippen LogP contribution in [-0.4, -0.2) is 36.0 Å². The first-order valence-electron chi connectivity index (χ1n) is 7.87. The van der Waals surface area contributed by atoms with Gasteiger partial charge in [0, 0.05) is 49.4 Å². The molecular formula is C16H24ClN3O2. The Hall–Kier alpha value is -1.17. The largest absolute Gasteiger partial charge is 0.314 e. The summed E-state index contributed by atoms with van der Waals surface area (Å²) in [6.07, 6.45) is 2.05. The second-order valence-electron chi connectivity index (χ2n) is 6.24. The normalized spacial score (nSPS) is 17.6. The molecule has 1 aliphatic heterocycles. The van der Waals surface area contributed by atoms with Crippen LogP contribution in [0.3, 0.4) is 0 Å². The maximum absolute atomic E-state index is 11.1. The standard InChI is InChI=1S/C16H24ClN3O2/c1-12(2)3-6-16(19-9-7-18-8-10-19)14-11-13(20(21)22)4-5-15(14)17/h4-5,11-12,16,18H,3,6-10H2,1-2H3/t16-/m1/s1. The van der Waals surface area contributed by atoms with E-state index in [2.05, 4.69) is 24.1 Å². The highest BCUT2D eigenvalue weighted by atomic mass is 35.5. The van der Waals surface area contributed by atoms with E-state index in [4.69, 9.17) is 11.6 Å². The summed E-state index contributed by atoms with van der Waals surface area (Å²) in [5.41, 5.74) is 1.00. The van der Waals surface area contributed by atoms with Crippen molar-refractivity contribution in [1.29, 1.82) is 0 Å². The number of benzene rings is 1. The van der Waals surface area contributed by atoms with Gasteiger partial charge in [0.25, 0.3) is 5.69 Å². The molecule has 0 aliphatic carbocycles. The molecule has 0 saturated carbocycles. The highest BCUT2D eigenvalue weighted by Crippen LogP contribution is 2.34. The van der Waals surface area contributed by atoms with Crippen LogP contribution >= 0.6 is 11.6 Å². The Morgan fingerprint density at radius 2 is 2.00 bits per heavy atom. The molecule has 1 aromatic carbocycles. The van der Waals surface area contributed by atoms with Crippen molar-refractivity contribution >= 4 is 17.3 Å². The molecule has 1 saturated heterocycles. The summed E-state index contributed by atoms with van der Waals surface area (Å²) >= 11 is 6.37. The van der Waals surface area contributed by atoms with Crippen molar-refractivity contribution < 1.29 is 4.92 Å². The third kappa shape index (κ3) is 4.41. The Morgan fingerprint density at radius 1 is 1.32 bits per heavy atom. The number of hydrogen-bond acceptors (Lipinski definition) is 4. The molecular weight excluding hydrogens is 302 g/mol. The third-order valence-corrected chi connectivity index (χ3v) is 4.50. The summed E-state index contributed by atoms with van der Waals surface area (Å²) in [7, 11) is 0. The van der Waals surface area contributed by atoms with Gasteiger partial charge >= 0.3 is 0 Å². The van der Waals surface area contributed by atoms with E-state index in [1.54, 1.807) is 12.1 Å². The molecule has 0 amide bonds. The van der Waals surface area contributed by atoms with Gasteiger partial charge in [0.1, 0.15) is 0 Å². The zero-order chi connectivity index (χ0) is 16.1. The first-order valence-corrected chi connectivity index (χ1v) is 8.25. The van der Waals surface area contributed by atoms with Gasteiger partial charge in [0.2, 0.25) is 0 Å². The lowest BCUT2D eigenvalue weighted by atomic mass is 9.95. The highest BCUT2D eigenvalue weighted by molar-refractivity contribution is 6.31. The number of nitrogens with zero attached hydrogens (tertiary/aromatic N) is 2. The topological polar surface area (TPSA) is 58.4 Å². The first-order chi connectivity index (χ1) is 10.5. The number of rotatable bonds is 6. The Kier molecular flexibility index (Phi) is 6.17.